The Balaban J connectivity index is 2.06. The second-order valence-electron chi connectivity index (χ2n) is 3.53. The Morgan fingerprint density at radius 2 is 2.00 bits per heavy atom. The maximum atomic E-state index is 11.9. The van der Waals surface area contributed by atoms with Gasteiger partial charge in [-0.2, -0.15) is 0 Å². The minimum atomic E-state index is -3.46. The summed E-state index contributed by atoms with van der Waals surface area (Å²) in [5.74, 6) is 0. The van der Waals surface area contributed by atoms with Crippen LogP contribution < -0.4 is 10.0 Å². The van der Waals surface area contributed by atoms with Gasteiger partial charge in [0.15, 0.2) is 5.13 Å². The molecule has 7 heteroatoms. The summed E-state index contributed by atoms with van der Waals surface area (Å²) in [6.07, 6.45) is 0. The number of hydrogen-bond donors (Lipinski definition) is 2. The van der Waals surface area contributed by atoms with Crippen molar-refractivity contribution < 1.29 is 8.42 Å². The molecule has 5 nitrogen and oxygen atoms in total. The van der Waals surface area contributed by atoms with Gasteiger partial charge < -0.3 is 5.32 Å². The van der Waals surface area contributed by atoms with Gasteiger partial charge in [-0.15, -0.1) is 11.3 Å². The van der Waals surface area contributed by atoms with Gasteiger partial charge in [0.05, 0.1) is 17.1 Å². The van der Waals surface area contributed by atoms with Crippen molar-refractivity contribution in [1.82, 2.24) is 9.71 Å². The van der Waals surface area contributed by atoms with E-state index in [-0.39, 0.29) is 11.4 Å². The van der Waals surface area contributed by atoms with Crippen LogP contribution in [0.4, 0.5) is 5.13 Å². The van der Waals surface area contributed by atoms with Crippen molar-refractivity contribution in [3.63, 3.8) is 0 Å². The molecule has 0 spiro atoms. The van der Waals surface area contributed by atoms with Gasteiger partial charge in [0.1, 0.15) is 0 Å². The van der Waals surface area contributed by atoms with Crippen LogP contribution in [0.3, 0.4) is 0 Å². The van der Waals surface area contributed by atoms with Crippen LogP contribution in [0.15, 0.2) is 40.6 Å². The number of aromatic nitrogens is 1. The molecule has 0 bridgehead atoms. The zero-order chi connectivity index (χ0) is 13.0. The van der Waals surface area contributed by atoms with Crippen LogP contribution >= 0.6 is 11.3 Å². The van der Waals surface area contributed by atoms with E-state index in [1.54, 1.807) is 37.4 Å². The molecule has 0 aliphatic heterocycles. The lowest BCUT2D eigenvalue weighted by Gasteiger charge is -2.04. The maximum absolute atomic E-state index is 11.9. The first kappa shape index (κ1) is 13.0. The van der Waals surface area contributed by atoms with E-state index in [1.165, 1.54) is 11.3 Å². The Hall–Kier alpha value is -1.44. The minimum absolute atomic E-state index is 0.190. The molecule has 96 valence electrons. The lowest BCUT2D eigenvalue weighted by Crippen LogP contribution is -2.23. The van der Waals surface area contributed by atoms with E-state index in [2.05, 4.69) is 15.0 Å². The standard InChI is InChI=1S/C11H13N3O2S2/c1-12-11-14-9(8-17-11)7-13-18(15,16)10-5-3-2-4-6-10/h2-6,8,13H,7H2,1H3,(H,12,14). The molecule has 1 heterocycles. The number of nitrogens with zero attached hydrogens (tertiary/aromatic N) is 1. The zero-order valence-corrected chi connectivity index (χ0v) is 11.4. The molecule has 1 aromatic heterocycles. The number of thiazole rings is 1. The Morgan fingerprint density at radius 1 is 1.28 bits per heavy atom. The van der Waals surface area contributed by atoms with Gasteiger partial charge in [0.25, 0.3) is 0 Å². The normalized spacial score (nSPS) is 11.4. The highest BCUT2D eigenvalue weighted by Crippen LogP contribution is 2.15. The molecular weight excluding hydrogens is 270 g/mol. The van der Waals surface area contributed by atoms with E-state index in [1.807, 2.05) is 5.38 Å². The third-order valence-electron chi connectivity index (χ3n) is 2.26. The van der Waals surface area contributed by atoms with Crippen LogP contribution in [0.25, 0.3) is 0 Å². The summed E-state index contributed by atoms with van der Waals surface area (Å²) in [7, 11) is -1.69. The van der Waals surface area contributed by atoms with Crippen LogP contribution in [0.5, 0.6) is 0 Å². The Morgan fingerprint density at radius 3 is 2.61 bits per heavy atom. The van der Waals surface area contributed by atoms with Crippen LogP contribution in [0, 0.1) is 0 Å². The fourth-order valence-electron chi connectivity index (χ4n) is 1.35. The monoisotopic (exact) mass is 283 g/mol. The average molecular weight is 283 g/mol. The van der Waals surface area contributed by atoms with Crippen LogP contribution in [0.1, 0.15) is 5.69 Å². The molecule has 0 amide bonds. The van der Waals surface area contributed by atoms with Gasteiger partial charge >= 0.3 is 0 Å². The molecule has 1 aromatic carbocycles. The quantitative estimate of drug-likeness (QED) is 0.875. The predicted octanol–water partition coefficient (Wildman–Crippen LogP) is 1.66. The van der Waals surface area contributed by atoms with E-state index in [9.17, 15) is 8.42 Å². The van der Waals surface area contributed by atoms with Crippen molar-refractivity contribution in [2.24, 2.45) is 0 Å². The summed E-state index contributed by atoms with van der Waals surface area (Å²) in [5.41, 5.74) is 0.698. The highest BCUT2D eigenvalue weighted by atomic mass is 32.2. The van der Waals surface area contributed by atoms with Gasteiger partial charge in [-0.05, 0) is 12.1 Å². The van der Waals surface area contributed by atoms with Gasteiger partial charge in [-0.3, -0.25) is 0 Å². The topological polar surface area (TPSA) is 71.1 Å². The molecule has 0 saturated carbocycles. The van der Waals surface area contributed by atoms with Crippen molar-refractivity contribution in [2.75, 3.05) is 12.4 Å². The first-order valence-corrected chi connectivity index (χ1v) is 7.65. The lowest BCUT2D eigenvalue weighted by molar-refractivity contribution is 0.580. The molecule has 2 rings (SSSR count). The van der Waals surface area contributed by atoms with Crippen molar-refractivity contribution in [3.8, 4) is 0 Å². The van der Waals surface area contributed by atoms with E-state index in [4.69, 9.17) is 0 Å². The van der Waals surface area contributed by atoms with E-state index >= 15 is 0 Å². The van der Waals surface area contributed by atoms with Crippen molar-refractivity contribution in [3.05, 3.63) is 41.4 Å². The summed E-state index contributed by atoms with van der Waals surface area (Å²) in [6, 6.07) is 8.27. The number of nitrogens with one attached hydrogen (secondary N) is 2. The van der Waals surface area contributed by atoms with Gasteiger partial charge in [-0.25, -0.2) is 18.1 Å². The fraction of sp³-hybridized carbons (Fsp3) is 0.182. The number of hydrogen-bond acceptors (Lipinski definition) is 5. The summed E-state index contributed by atoms with van der Waals surface area (Å²) in [6.45, 7) is 0.190. The lowest BCUT2D eigenvalue weighted by atomic mass is 10.4. The molecule has 0 unspecified atom stereocenters. The molecule has 0 aliphatic carbocycles. The molecule has 0 radical (unpaired) electrons. The second kappa shape index (κ2) is 5.47. The van der Waals surface area contributed by atoms with Crippen LogP contribution in [0.2, 0.25) is 0 Å². The molecule has 18 heavy (non-hydrogen) atoms. The Labute approximate surface area is 110 Å². The molecular formula is C11H13N3O2S2. The number of sulfonamides is 1. The van der Waals surface area contributed by atoms with E-state index < -0.39 is 10.0 Å². The summed E-state index contributed by atoms with van der Waals surface area (Å²) in [5, 5.41) is 5.49. The SMILES string of the molecule is CNc1nc(CNS(=O)(=O)c2ccccc2)cs1. The van der Waals surface area contributed by atoms with Crippen molar-refractivity contribution in [2.45, 2.75) is 11.4 Å². The summed E-state index contributed by atoms with van der Waals surface area (Å²) >= 11 is 1.44. The molecule has 0 fully saturated rings. The first-order valence-electron chi connectivity index (χ1n) is 5.29. The maximum Gasteiger partial charge on any atom is 0.240 e. The second-order valence-corrected chi connectivity index (χ2v) is 6.16. The van der Waals surface area contributed by atoms with Gasteiger partial charge in [0, 0.05) is 12.4 Å². The zero-order valence-electron chi connectivity index (χ0n) is 9.75. The van der Waals surface area contributed by atoms with E-state index in [0.717, 1.165) is 5.13 Å². The molecule has 0 saturated heterocycles. The summed E-state index contributed by atoms with van der Waals surface area (Å²) < 4.78 is 26.4. The Bertz CT molecular complexity index is 608. The number of anilines is 1. The van der Waals surface area contributed by atoms with Crippen molar-refractivity contribution in [1.29, 1.82) is 0 Å². The largest absolute Gasteiger partial charge is 0.365 e. The average Bonchev–Trinajstić information content (AvgIpc) is 2.86. The number of rotatable bonds is 5. The molecule has 0 atom stereocenters. The Kier molecular flexibility index (Phi) is 3.95. The molecule has 0 aliphatic rings. The first-order chi connectivity index (χ1) is 8.62. The minimum Gasteiger partial charge on any atom is -0.365 e. The highest BCUT2D eigenvalue weighted by Gasteiger charge is 2.13. The fourth-order valence-corrected chi connectivity index (χ4v) is 3.05. The van der Waals surface area contributed by atoms with Crippen LogP contribution in [-0.4, -0.2) is 20.4 Å². The van der Waals surface area contributed by atoms with Crippen molar-refractivity contribution >= 4 is 26.5 Å². The predicted molar refractivity (Wildman–Crippen MR) is 72.1 cm³/mol. The van der Waals surface area contributed by atoms with E-state index in [0.29, 0.717) is 5.69 Å². The smallest absolute Gasteiger partial charge is 0.240 e. The highest BCUT2D eigenvalue weighted by molar-refractivity contribution is 7.89. The van der Waals surface area contributed by atoms with Gasteiger partial charge in [-0.1, -0.05) is 18.2 Å². The number of benzene rings is 1. The van der Waals surface area contributed by atoms with Gasteiger partial charge in [0.2, 0.25) is 10.0 Å². The third kappa shape index (κ3) is 3.06. The summed E-state index contributed by atoms with van der Waals surface area (Å²) in [4.78, 5) is 4.46. The third-order valence-corrected chi connectivity index (χ3v) is 4.59. The van der Waals surface area contributed by atoms with Crippen LogP contribution in [-0.2, 0) is 16.6 Å². The molecule has 2 aromatic rings. The molecule has 2 N–H and O–H groups in total.